The Balaban J connectivity index is 1.73. The summed E-state index contributed by atoms with van der Waals surface area (Å²) in [4.78, 5) is 16.2. The van der Waals surface area contributed by atoms with E-state index in [0.29, 0.717) is 16.4 Å². The van der Waals surface area contributed by atoms with E-state index in [2.05, 4.69) is 31.0 Å². The highest BCUT2D eigenvalue weighted by Gasteiger charge is 2.15. The first-order chi connectivity index (χ1) is 11.9. The average molecular weight is 438 g/mol. The third-order valence-corrected chi connectivity index (χ3v) is 5.83. The SMILES string of the molecule is O=C(Nc1ccc(S(=O)(=O)Nc2nccs2)cc1)c1cccc(Br)c1. The van der Waals surface area contributed by atoms with Crippen LogP contribution < -0.4 is 10.0 Å². The van der Waals surface area contributed by atoms with Crippen molar-refractivity contribution in [1.82, 2.24) is 4.98 Å². The molecule has 0 unspecified atom stereocenters. The number of hydrogen-bond acceptors (Lipinski definition) is 5. The molecule has 2 N–H and O–H groups in total. The number of thiazole rings is 1. The number of carbonyl (C=O) groups is 1. The van der Waals surface area contributed by atoms with Gasteiger partial charge in [0.2, 0.25) is 0 Å². The van der Waals surface area contributed by atoms with Crippen molar-refractivity contribution in [2.24, 2.45) is 0 Å². The molecule has 1 amide bonds. The summed E-state index contributed by atoms with van der Waals surface area (Å²) >= 11 is 4.51. The van der Waals surface area contributed by atoms with Crippen LogP contribution in [0.5, 0.6) is 0 Å². The number of halogens is 1. The van der Waals surface area contributed by atoms with Crippen LogP contribution in [0.4, 0.5) is 10.8 Å². The second-order valence-electron chi connectivity index (χ2n) is 4.93. The highest BCUT2D eigenvalue weighted by atomic mass is 79.9. The molecule has 0 aliphatic heterocycles. The van der Waals surface area contributed by atoms with E-state index < -0.39 is 10.0 Å². The monoisotopic (exact) mass is 437 g/mol. The summed E-state index contributed by atoms with van der Waals surface area (Å²) in [5, 5.41) is 4.70. The molecule has 9 heteroatoms. The quantitative estimate of drug-likeness (QED) is 0.631. The Hall–Kier alpha value is -2.23. The van der Waals surface area contributed by atoms with E-state index in [-0.39, 0.29) is 10.8 Å². The molecule has 1 aromatic heterocycles. The molecule has 0 aliphatic rings. The summed E-state index contributed by atoms with van der Waals surface area (Å²) in [6.07, 6.45) is 1.52. The van der Waals surface area contributed by atoms with E-state index in [9.17, 15) is 13.2 Å². The standard InChI is InChI=1S/C16H12BrN3O3S2/c17-12-3-1-2-11(10-12)15(21)19-13-4-6-14(7-5-13)25(22,23)20-16-18-8-9-24-16/h1-10H,(H,18,20)(H,19,21). The van der Waals surface area contributed by atoms with Crippen molar-refractivity contribution in [3.63, 3.8) is 0 Å². The lowest BCUT2D eigenvalue weighted by Crippen LogP contribution is -2.14. The van der Waals surface area contributed by atoms with Crippen LogP contribution in [-0.2, 0) is 10.0 Å². The average Bonchev–Trinajstić information content (AvgIpc) is 3.07. The van der Waals surface area contributed by atoms with Gasteiger partial charge in [-0.3, -0.25) is 9.52 Å². The van der Waals surface area contributed by atoms with Crippen LogP contribution in [0.15, 0.2) is 69.5 Å². The molecular formula is C16H12BrN3O3S2. The minimum atomic E-state index is -3.71. The number of aromatic nitrogens is 1. The Kier molecular flexibility index (Phi) is 5.16. The molecule has 0 atom stereocenters. The number of carbonyl (C=O) groups excluding carboxylic acids is 1. The Morgan fingerprint density at radius 2 is 1.88 bits per heavy atom. The molecular weight excluding hydrogens is 426 g/mol. The summed E-state index contributed by atoms with van der Waals surface area (Å²) in [6.45, 7) is 0. The Morgan fingerprint density at radius 3 is 2.52 bits per heavy atom. The molecule has 2 aromatic carbocycles. The predicted octanol–water partition coefficient (Wildman–Crippen LogP) is 3.96. The second-order valence-corrected chi connectivity index (χ2v) is 8.42. The lowest BCUT2D eigenvalue weighted by atomic mass is 10.2. The normalized spacial score (nSPS) is 11.1. The highest BCUT2D eigenvalue weighted by molar-refractivity contribution is 9.10. The van der Waals surface area contributed by atoms with Crippen LogP contribution in [-0.4, -0.2) is 19.3 Å². The Morgan fingerprint density at radius 1 is 1.12 bits per heavy atom. The number of nitrogens with zero attached hydrogens (tertiary/aromatic N) is 1. The third-order valence-electron chi connectivity index (χ3n) is 3.16. The first-order valence-electron chi connectivity index (χ1n) is 7.03. The van der Waals surface area contributed by atoms with Gasteiger partial charge < -0.3 is 5.32 Å². The molecule has 3 aromatic rings. The van der Waals surface area contributed by atoms with Gasteiger partial charge in [0.1, 0.15) is 0 Å². The summed E-state index contributed by atoms with van der Waals surface area (Å²) in [7, 11) is -3.71. The van der Waals surface area contributed by atoms with Crippen molar-refractivity contribution in [1.29, 1.82) is 0 Å². The van der Waals surface area contributed by atoms with Crippen molar-refractivity contribution in [3.05, 3.63) is 70.1 Å². The zero-order valence-electron chi connectivity index (χ0n) is 12.6. The van der Waals surface area contributed by atoms with Gasteiger partial charge in [-0.1, -0.05) is 22.0 Å². The summed E-state index contributed by atoms with van der Waals surface area (Å²) in [5.74, 6) is -0.280. The second kappa shape index (κ2) is 7.34. The molecule has 25 heavy (non-hydrogen) atoms. The lowest BCUT2D eigenvalue weighted by Gasteiger charge is -2.08. The smallest absolute Gasteiger partial charge is 0.263 e. The largest absolute Gasteiger partial charge is 0.322 e. The number of anilines is 2. The fraction of sp³-hybridized carbons (Fsp3) is 0. The molecule has 1 heterocycles. The summed E-state index contributed by atoms with van der Waals surface area (Å²) in [6, 6.07) is 12.9. The number of hydrogen-bond donors (Lipinski definition) is 2. The third kappa shape index (κ3) is 4.44. The fourth-order valence-corrected chi connectivity index (χ4v) is 4.19. The van der Waals surface area contributed by atoms with Crippen molar-refractivity contribution in [2.75, 3.05) is 10.0 Å². The minimum absolute atomic E-state index is 0.0863. The van der Waals surface area contributed by atoms with E-state index in [1.165, 1.54) is 41.8 Å². The molecule has 0 saturated carbocycles. The number of nitrogens with one attached hydrogen (secondary N) is 2. The molecule has 0 fully saturated rings. The van der Waals surface area contributed by atoms with Crippen molar-refractivity contribution in [2.45, 2.75) is 4.90 Å². The molecule has 0 saturated heterocycles. The predicted molar refractivity (Wildman–Crippen MR) is 101 cm³/mol. The van der Waals surface area contributed by atoms with E-state index in [4.69, 9.17) is 0 Å². The van der Waals surface area contributed by atoms with E-state index in [0.717, 1.165) is 4.47 Å². The summed E-state index contributed by atoms with van der Waals surface area (Å²) < 4.78 is 27.7. The van der Waals surface area contributed by atoms with E-state index in [1.54, 1.807) is 23.6 Å². The van der Waals surface area contributed by atoms with Gasteiger partial charge in [-0.05, 0) is 42.5 Å². The van der Waals surface area contributed by atoms with Gasteiger partial charge >= 0.3 is 0 Å². The zero-order chi connectivity index (χ0) is 17.9. The maximum Gasteiger partial charge on any atom is 0.263 e. The molecule has 128 valence electrons. The molecule has 0 radical (unpaired) electrons. The van der Waals surface area contributed by atoms with Gasteiger partial charge in [-0.15, -0.1) is 11.3 Å². The maximum atomic E-state index is 12.3. The number of amides is 1. The number of rotatable bonds is 5. The van der Waals surface area contributed by atoms with Crippen LogP contribution in [0.3, 0.4) is 0 Å². The van der Waals surface area contributed by atoms with Crippen LogP contribution in [0, 0.1) is 0 Å². The zero-order valence-corrected chi connectivity index (χ0v) is 15.9. The van der Waals surface area contributed by atoms with Crippen LogP contribution in [0.25, 0.3) is 0 Å². The van der Waals surface area contributed by atoms with Gasteiger partial charge in [-0.25, -0.2) is 13.4 Å². The molecule has 3 rings (SSSR count). The molecule has 6 nitrogen and oxygen atoms in total. The van der Waals surface area contributed by atoms with Gasteiger partial charge in [0.25, 0.3) is 15.9 Å². The topological polar surface area (TPSA) is 88.2 Å². The van der Waals surface area contributed by atoms with Crippen LogP contribution >= 0.6 is 27.3 Å². The first kappa shape index (κ1) is 17.6. The molecule has 0 spiro atoms. The Bertz CT molecular complexity index is 988. The number of sulfonamides is 1. The van der Waals surface area contributed by atoms with E-state index >= 15 is 0 Å². The molecule has 0 aliphatic carbocycles. The number of benzene rings is 2. The fourth-order valence-electron chi connectivity index (χ4n) is 2.00. The van der Waals surface area contributed by atoms with Gasteiger partial charge in [-0.2, -0.15) is 0 Å². The van der Waals surface area contributed by atoms with Crippen molar-refractivity contribution < 1.29 is 13.2 Å². The van der Waals surface area contributed by atoms with Gasteiger partial charge in [0, 0.05) is 27.3 Å². The van der Waals surface area contributed by atoms with Gasteiger partial charge in [0.15, 0.2) is 5.13 Å². The Labute approximate surface area is 157 Å². The van der Waals surface area contributed by atoms with E-state index in [1.807, 2.05) is 6.07 Å². The van der Waals surface area contributed by atoms with Gasteiger partial charge in [0.05, 0.1) is 4.90 Å². The maximum absolute atomic E-state index is 12.3. The lowest BCUT2D eigenvalue weighted by molar-refractivity contribution is 0.102. The van der Waals surface area contributed by atoms with Crippen molar-refractivity contribution >= 4 is 54.0 Å². The van der Waals surface area contributed by atoms with Crippen molar-refractivity contribution in [3.8, 4) is 0 Å². The highest BCUT2D eigenvalue weighted by Crippen LogP contribution is 2.20. The molecule has 0 bridgehead atoms. The summed E-state index contributed by atoms with van der Waals surface area (Å²) in [5.41, 5.74) is 0.995. The van der Waals surface area contributed by atoms with Crippen LogP contribution in [0.1, 0.15) is 10.4 Å². The minimum Gasteiger partial charge on any atom is -0.322 e. The first-order valence-corrected chi connectivity index (χ1v) is 10.2. The van der Waals surface area contributed by atoms with Crippen LogP contribution in [0.2, 0.25) is 0 Å².